The summed E-state index contributed by atoms with van der Waals surface area (Å²) in [6.45, 7) is 1.60. The van der Waals surface area contributed by atoms with Gasteiger partial charge in [0, 0.05) is 5.69 Å². The molecule has 0 aliphatic carbocycles. The lowest BCUT2D eigenvalue weighted by atomic mass is 10.2. The minimum Gasteiger partial charge on any atom is -0.325 e. The van der Waals surface area contributed by atoms with Gasteiger partial charge in [-0.1, -0.05) is 12.1 Å². The van der Waals surface area contributed by atoms with Crippen LogP contribution in [0.15, 0.2) is 39.9 Å². The predicted octanol–water partition coefficient (Wildman–Crippen LogP) is 2.61. The lowest BCUT2D eigenvalue weighted by molar-refractivity contribution is -0.113. The zero-order valence-corrected chi connectivity index (χ0v) is 12.2. The third-order valence-corrected chi connectivity index (χ3v) is 5.68. The van der Waals surface area contributed by atoms with E-state index < -0.39 is 27.3 Å². The first kappa shape index (κ1) is 14.7. The van der Waals surface area contributed by atoms with Crippen LogP contribution >= 0.6 is 11.3 Å². The first-order valence-electron chi connectivity index (χ1n) is 5.71. The third kappa shape index (κ3) is 3.43. The Morgan fingerprint density at radius 2 is 2.10 bits per heavy atom. The van der Waals surface area contributed by atoms with Crippen LogP contribution < -0.4 is 5.32 Å². The lowest BCUT2D eigenvalue weighted by Crippen LogP contribution is -2.22. The number of rotatable bonds is 4. The molecule has 1 N–H and O–H groups in total. The highest BCUT2D eigenvalue weighted by Crippen LogP contribution is 2.18. The number of aryl methyl sites for hydroxylation is 1. The molecule has 0 saturated carbocycles. The molecular formula is C13H12FNO3S2. The molecule has 7 heteroatoms. The molecule has 20 heavy (non-hydrogen) atoms. The number of halogens is 1. The number of carbonyl (C=O) groups is 1. The maximum absolute atomic E-state index is 13.3. The van der Waals surface area contributed by atoms with Crippen molar-refractivity contribution in [1.82, 2.24) is 0 Å². The molecule has 0 atom stereocenters. The summed E-state index contributed by atoms with van der Waals surface area (Å²) in [5, 5.41) is 4.00. The Morgan fingerprint density at radius 1 is 1.35 bits per heavy atom. The fourth-order valence-electron chi connectivity index (χ4n) is 1.55. The quantitative estimate of drug-likeness (QED) is 0.943. The first-order valence-corrected chi connectivity index (χ1v) is 8.24. The standard InChI is InChI=1S/C13H12FNO3S2/c1-9-4-5-10(7-11(9)14)15-12(16)8-20(17,18)13-3-2-6-19-13/h2-7H,8H2,1H3,(H,15,16). The second kappa shape index (κ2) is 5.72. The van der Waals surface area contributed by atoms with Gasteiger partial charge in [-0.3, -0.25) is 4.79 Å². The lowest BCUT2D eigenvalue weighted by Gasteiger charge is -2.06. The molecule has 2 aromatic rings. The van der Waals surface area contributed by atoms with Crippen molar-refractivity contribution in [3.05, 3.63) is 47.1 Å². The van der Waals surface area contributed by atoms with Crippen molar-refractivity contribution in [2.75, 3.05) is 11.1 Å². The summed E-state index contributed by atoms with van der Waals surface area (Å²) in [5.41, 5.74) is 0.689. The van der Waals surface area contributed by atoms with Crippen molar-refractivity contribution < 1.29 is 17.6 Å². The molecule has 0 radical (unpaired) electrons. The van der Waals surface area contributed by atoms with Crippen molar-refractivity contribution in [2.24, 2.45) is 0 Å². The van der Waals surface area contributed by atoms with E-state index in [4.69, 9.17) is 0 Å². The summed E-state index contributed by atoms with van der Waals surface area (Å²) in [6.07, 6.45) is 0. The van der Waals surface area contributed by atoms with Crippen LogP contribution in [0.25, 0.3) is 0 Å². The highest BCUT2D eigenvalue weighted by Gasteiger charge is 2.20. The van der Waals surface area contributed by atoms with Gasteiger partial charge in [0.2, 0.25) is 5.91 Å². The number of carbonyl (C=O) groups excluding carboxylic acids is 1. The van der Waals surface area contributed by atoms with Crippen molar-refractivity contribution in [3.8, 4) is 0 Å². The minimum absolute atomic E-state index is 0.141. The molecule has 1 aromatic heterocycles. The van der Waals surface area contributed by atoms with Crippen LogP contribution in [0.4, 0.5) is 10.1 Å². The Bertz CT molecular complexity index is 724. The monoisotopic (exact) mass is 313 g/mol. The van der Waals surface area contributed by atoms with Crippen LogP contribution in [-0.4, -0.2) is 20.1 Å². The summed E-state index contributed by atoms with van der Waals surface area (Å²) >= 11 is 1.05. The van der Waals surface area contributed by atoms with Crippen LogP contribution in [0.3, 0.4) is 0 Å². The minimum atomic E-state index is -3.64. The van der Waals surface area contributed by atoms with Crippen molar-refractivity contribution in [3.63, 3.8) is 0 Å². The van der Waals surface area contributed by atoms with Gasteiger partial charge in [-0.25, -0.2) is 12.8 Å². The van der Waals surface area contributed by atoms with Crippen LogP contribution in [0.2, 0.25) is 0 Å². The Morgan fingerprint density at radius 3 is 2.70 bits per heavy atom. The van der Waals surface area contributed by atoms with Gasteiger partial charge in [0.05, 0.1) is 0 Å². The average Bonchev–Trinajstić information content (AvgIpc) is 2.87. The van der Waals surface area contributed by atoms with E-state index in [2.05, 4.69) is 5.32 Å². The SMILES string of the molecule is Cc1ccc(NC(=O)CS(=O)(=O)c2cccs2)cc1F. The van der Waals surface area contributed by atoms with Gasteiger partial charge in [-0.05, 0) is 36.1 Å². The summed E-state index contributed by atoms with van der Waals surface area (Å²) in [5.74, 6) is -1.81. The largest absolute Gasteiger partial charge is 0.325 e. The number of hydrogen-bond donors (Lipinski definition) is 1. The number of amides is 1. The molecule has 0 aliphatic heterocycles. The Labute approximate surface area is 120 Å². The molecule has 0 spiro atoms. The molecular weight excluding hydrogens is 301 g/mol. The third-order valence-electron chi connectivity index (χ3n) is 2.58. The van der Waals surface area contributed by atoms with Crippen molar-refractivity contribution >= 4 is 32.8 Å². The first-order chi connectivity index (χ1) is 9.38. The van der Waals surface area contributed by atoms with Gasteiger partial charge in [-0.2, -0.15) is 0 Å². The number of sulfone groups is 1. The fraction of sp³-hybridized carbons (Fsp3) is 0.154. The fourth-order valence-corrected chi connectivity index (χ4v) is 3.78. The van der Waals surface area contributed by atoms with Crippen molar-refractivity contribution in [2.45, 2.75) is 11.1 Å². The summed E-state index contributed by atoms with van der Waals surface area (Å²) in [6, 6.07) is 7.24. The highest BCUT2D eigenvalue weighted by atomic mass is 32.2. The summed E-state index contributed by atoms with van der Waals surface area (Å²) in [7, 11) is -3.64. The van der Waals surface area contributed by atoms with E-state index >= 15 is 0 Å². The number of anilines is 1. The Balaban J connectivity index is 2.08. The molecule has 1 amide bonds. The molecule has 106 valence electrons. The molecule has 4 nitrogen and oxygen atoms in total. The topological polar surface area (TPSA) is 63.2 Å². The maximum atomic E-state index is 13.3. The zero-order valence-electron chi connectivity index (χ0n) is 10.6. The van der Waals surface area contributed by atoms with Gasteiger partial charge >= 0.3 is 0 Å². The van der Waals surface area contributed by atoms with Gasteiger partial charge in [0.15, 0.2) is 9.84 Å². The summed E-state index contributed by atoms with van der Waals surface area (Å²) in [4.78, 5) is 11.7. The Kier molecular flexibility index (Phi) is 4.20. The van der Waals surface area contributed by atoms with Gasteiger partial charge in [0.1, 0.15) is 15.8 Å². The van der Waals surface area contributed by atoms with Crippen molar-refractivity contribution in [1.29, 1.82) is 0 Å². The highest BCUT2D eigenvalue weighted by molar-refractivity contribution is 7.94. The van der Waals surface area contributed by atoms with E-state index in [-0.39, 0.29) is 9.90 Å². The van der Waals surface area contributed by atoms with E-state index in [9.17, 15) is 17.6 Å². The average molecular weight is 313 g/mol. The molecule has 1 aromatic carbocycles. The van der Waals surface area contributed by atoms with E-state index in [0.717, 1.165) is 17.4 Å². The van der Waals surface area contributed by atoms with Crippen LogP contribution in [0.5, 0.6) is 0 Å². The molecule has 0 saturated heterocycles. The molecule has 0 unspecified atom stereocenters. The van der Waals surface area contributed by atoms with E-state index in [1.807, 2.05) is 0 Å². The molecule has 2 rings (SSSR count). The van der Waals surface area contributed by atoms with E-state index in [1.54, 1.807) is 18.4 Å². The normalized spacial score (nSPS) is 11.3. The van der Waals surface area contributed by atoms with E-state index in [1.165, 1.54) is 18.2 Å². The second-order valence-electron chi connectivity index (χ2n) is 4.20. The second-order valence-corrected chi connectivity index (χ2v) is 7.37. The van der Waals surface area contributed by atoms with Gasteiger partial charge in [0.25, 0.3) is 0 Å². The predicted molar refractivity (Wildman–Crippen MR) is 76.1 cm³/mol. The summed E-state index contributed by atoms with van der Waals surface area (Å²) < 4.78 is 37.2. The van der Waals surface area contributed by atoms with E-state index in [0.29, 0.717) is 5.56 Å². The smallest absolute Gasteiger partial charge is 0.239 e. The molecule has 0 bridgehead atoms. The molecule has 1 heterocycles. The number of nitrogens with one attached hydrogen (secondary N) is 1. The molecule has 0 fully saturated rings. The Hall–Kier alpha value is -1.73. The van der Waals surface area contributed by atoms with Gasteiger partial charge < -0.3 is 5.32 Å². The maximum Gasteiger partial charge on any atom is 0.239 e. The van der Waals surface area contributed by atoms with Crippen LogP contribution in [0, 0.1) is 12.7 Å². The van der Waals surface area contributed by atoms with Gasteiger partial charge in [-0.15, -0.1) is 11.3 Å². The molecule has 0 aliphatic rings. The zero-order chi connectivity index (χ0) is 14.8. The number of thiophene rings is 1. The van der Waals surface area contributed by atoms with Crippen LogP contribution in [-0.2, 0) is 14.6 Å². The number of hydrogen-bond acceptors (Lipinski definition) is 4. The van der Waals surface area contributed by atoms with Crippen LogP contribution in [0.1, 0.15) is 5.56 Å². The number of benzene rings is 1.